The van der Waals surface area contributed by atoms with E-state index in [9.17, 15) is 4.79 Å². The van der Waals surface area contributed by atoms with Gasteiger partial charge < -0.3 is 4.74 Å². The number of esters is 1. The largest absolute Gasteiger partial charge is 0.465 e. The molecule has 4 rings (SSSR count). The molecule has 0 unspecified atom stereocenters. The highest BCUT2D eigenvalue weighted by Crippen LogP contribution is 2.10. The van der Waals surface area contributed by atoms with E-state index >= 15 is 0 Å². The predicted octanol–water partition coefficient (Wildman–Crippen LogP) is 2.85. The highest BCUT2D eigenvalue weighted by atomic mass is 28.3. The second-order valence-electron chi connectivity index (χ2n) is 6.92. The molecule has 0 aliphatic rings. The molecule has 0 aromatic heterocycles. The minimum Gasteiger partial charge on any atom is -0.465 e. The van der Waals surface area contributed by atoms with Crippen molar-refractivity contribution in [3.05, 3.63) is 121 Å². The molecule has 0 radical (unpaired) electrons. The Kier molecular flexibility index (Phi) is 5.41. The Labute approximate surface area is 172 Å². The van der Waals surface area contributed by atoms with E-state index in [1.165, 1.54) is 27.9 Å². The summed E-state index contributed by atoms with van der Waals surface area (Å²) < 4.78 is 4.89. The van der Waals surface area contributed by atoms with E-state index < -0.39 is 8.07 Å². The maximum atomic E-state index is 12.0. The van der Waals surface area contributed by atoms with Gasteiger partial charge in [0.25, 0.3) is 0 Å². The van der Waals surface area contributed by atoms with Crippen molar-refractivity contribution in [2.24, 2.45) is 0 Å². The molecule has 0 heterocycles. The van der Waals surface area contributed by atoms with E-state index in [1.807, 2.05) is 12.1 Å². The Morgan fingerprint density at radius 1 is 0.552 bits per heavy atom. The van der Waals surface area contributed by atoms with Crippen molar-refractivity contribution in [1.29, 1.82) is 0 Å². The molecule has 0 bridgehead atoms. The fraction of sp³-hybridized carbons (Fsp3) is 0.0385. The van der Waals surface area contributed by atoms with Gasteiger partial charge in [-0.25, -0.2) is 4.79 Å². The molecule has 0 atom stereocenters. The minimum absolute atomic E-state index is 0.317. The zero-order valence-electron chi connectivity index (χ0n) is 16.3. The van der Waals surface area contributed by atoms with Crippen LogP contribution >= 0.6 is 0 Å². The number of methoxy groups -OCH3 is 1. The third-order valence-electron chi connectivity index (χ3n) is 5.36. The van der Waals surface area contributed by atoms with Crippen LogP contribution in [0.25, 0.3) is 0 Å². The first-order valence-corrected chi connectivity index (χ1v) is 11.6. The summed E-state index contributed by atoms with van der Waals surface area (Å²) in [6.45, 7) is 0. The normalized spacial score (nSPS) is 11.1. The van der Waals surface area contributed by atoms with Crippen LogP contribution in [0.1, 0.15) is 10.4 Å². The molecule has 0 spiro atoms. The third kappa shape index (κ3) is 3.41. The van der Waals surface area contributed by atoms with Crippen LogP contribution in [0.2, 0.25) is 0 Å². The molecule has 0 aliphatic carbocycles. The van der Waals surface area contributed by atoms with Crippen LogP contribution in [0.4, 0.5) is 0 Å². The average molecular weight is 395 g/mol. The summed E-state index contributed by atoms with van der Waals surface area (Å²) in [5.41, 5.74) is 0.563. The molecular formula is C26H22O2Si. The summed E-state index contributed by atoms with van der Waals surface area (Å²) in [4.78, 5) is 12.0. The van der Waals surface area contributed by atoms with Crippen LogP contribution < -0.4 is 20.7 Å². The highest BCUT2D eigenvalue weighted by molar-refractivity contribution is 7.19. The number of carbonyl (C=O) groups is 1. The molecule has 4 aromatic carbocycles. The molecule has 3 heteroatoms. The lowest BCUT2D eigenvalue weighted by molar-refractivity contribution is 0.0601. The van der Waals surface area contributed by atoms with Crippen molar-refractivity contribution in [2.75, 3.05) is 7.11 Å². The first kappa shape index (κ1) is 18.9. The standard InChI is InChI=1S/C26H22O2Si/c1-28-26(27)21-17-19-25(20-18-21)29(22-11-5-2-6-12-22,23-13-7-3-8-14-23)24-15-9-4-10-16-24/h2-20H,1H3. The van der Waals surface area contributed by atoms with E-state index in [0.717, 1.165) is 0 Å². The maximum absolute atomic E-state index is 12.0. The SMILES string of the molecule is COC(=O)c1ccc([Si](c2ccccc2)(c2ccccc2)c2ccccc2)cc1. The summed E-state index contributed by atoms with van der Waals surface area (Å²) in [6, 6.07) is 40.0. The van der Waals surface area contributed by atoms with Gasteiger partial charge in [0.2, 0.25) is 0 Å². The van der Waals surface area contributed by atoms with Crippen LogP contribution in [0.3, 0.4) is 0 Å². The highest BCUT2D eigenvalue weighted by Gasteiger charge is 2.41. The molecule has 4 aromatic rings. The Morgan fingerprint density at radius 3 is 1.24 bits per heavy atom. The number of carbonyl (C=O) groups excluding carboxylic acids is 1. The number of benzene rings is 4. The van der Waals surface area contributed by atoms with E-state index in [1.54, 1.807) is 0 Å². The van der Waals surface area contributed by atoms with Gasteiger partial charge >= 0.3 is 5.97 Å². The van der Waals surface area contributed by atoms with Gasteiger partial charge in [-0.3, -0.25) is 0 Å². The topological polar surface area (TPSA) is 26.3 Å². The van der Waals surface area contributed by atoms with Gasteiger partial charge in [0.15, 0.2) is 8.07 Å². The van der Waals surface area contributed by atoms with Gasteiger partial charge in [0, 0.05) is 0 Å². The molecule has 0 amide bonds. The molecule has 2 nitrogen and oxygen atoms in total. The van der Waals surface area contributed by atoms with Crippen molar-refractivity contribution in [2.45, 2.75) is 0 Å². The second-order valence-corrected chi connectivity index (χ2v) is 10.7. The summed E-state index contributed by atoms with van der Waals surface area (Å²) in [6.07, 6.45) is 0. The van der Waals surface area contributed by atoms with E-state index in [0.29, 0.717) is 5.56 Å². The van der Waals surface area contributed by atoms with Gasteiger partial charge in [0.1, 0.15) is 0 Å². The molecule has 0 aliphatic heterocycles. The number of hydrogen-bond donors (Lipinski definition) is 0. The number of rotatable bonds is 5. The third-order valence-corrected chi connectivity index (χ3v) is 10.2. The van der Waals surface area contributed by atoms with Gasteiger partial charge in [-0.2, -0.15) is 0 Å². The smallest absolute Gasteiger partial charge is 0.337 e. The van der Waals surface area contributed by atoms with Crippen molar-refractivity contribution in [3.8, 4) is 0 Å². The van der Waals surface area contributed by atoms with Crippen molar-refractivity contribution < 1.29 is 9.53 Å². The minimum atomic E-state index is -2.52. The first-order chi connectivity index (χ1) is 14.3. The zero-order chi connectivity index (χ0) is 20.1. The summed E-state index contributed by atoms with van der Waals surface area (Å²) in [5, 5.41) is 5.16. The van der Waals surface area contributed by atoms with E-state index in [-0.39, 0.29) is 5.97 Å². The second kappa shape index (κ2) is 8.29. The average Bonchev–Trinajstić information content (AvgIpc) is 2.82. The number of ether oxygens (including phenoxy) is 1. The molecule has 0 saturated heterocycles. The summed E-state index contributed by atoms with van der Waals surface area (Å²) in [7, 11) is -1.11. The Bertz CT molecular complexity index is 979. The van der Waals surface area contributed by atoms with Gasteiger partial charge in [0.05, 0.1) is 12.7 Å². The van der Waals surface area contributed by atoms with E-state index in [4.69, 9.17) is 4.74 Å². The van der Waals surface area contributed by atoms with Crippen LogP contribution in [-0.4, -0.2) is 21.2 Å². The molecule has 0 fully saturated rings. The quantitative estimate of drug-likeness (QED) is 0.296. The van der Waals surface area contributed by atoms with Crippen LogP contribution in [0, 0.1) is 0 Å². The lowest BCUT2D eigenvalue weighted by Gasteiger charge is -2.34. The summed E-state index contributed by atoms with van der Waals surface area (Å²) in [5.74, 6) is -0.317. The van der Waals surface area contributed by atoms with Crippen molar-refractivity contribution >= 4 is 34.8 Å². The fourth-order valence-corrected chi connectivity index (χ4v) is 8.78. The van der Waals surface area contributed by atoms with Crippen LogP contribution in [-0.2, 0) is 4.74 Å². The van der Waals surface area contributed by atoms with Gasteiger partial charge in [-0.05, 0) is 32.9 Å². The van der Waals surface area contributed by atoms with Crippen molar-refractivity contribution in [1.82, 2.24) is 0 Å². The van der Waals surface area contributed by atoms with Crippen molar-refractivity contribution in [3.63, 3.8) is 0 Å². The molecular weight excluding hydrogens is 372 g/mol. The lowest BCUT2D eigenvalue weighted by atomic mass is 10.2. The molecule has 0 saturated carbocycles. The predicted molar refractivity (Wildman–Crippen MR) is 121 cm³/mol. The number of hydrogen-bond acceptors (Lipinski definition) is 2. The maximum Gasteiger partial charge on any atom is 0.337 e. The monoisotopic (exact) mass is 394 g/mol. The van der Waals surface area contributed by atoms with Gasteiger partial charge in [-0.1, -0.05) is 103 Å². The zero-order valence-corrected chi connectivity index (χ0v) is 17.3. The fourth-order valence-electron chi connectivity index (χ4n) is 4.04. The first-order valence-electron chi connectivity index (χ1n) is 9.62. The lowest BCUT2D eigenvalue weighted by Crippen LogP contribution is -2.74. The van der Waals surface area contributed by atoms with Crippen LogP contribution in [0.15, 0.2) is 115 Å². The molecule has 142 valence electrons. The molecule has 29 heavy (non-hydrogen) atoms. The van der Waals surface area contributed by atoms with Gasteiger partial charge in [-0.15, -0.1) is 0 Å². The Balaban J connectivity index is 2.04. The van der Waals surface area contributed by atoms with E-state index in [2.05, 4.69) is 103 Å². The summed E-state index contributed by atoms with van der Waals surface area (Å²) >= 11 is 0. The Hall–Kier alpha value is -3.43. The van der Waals surface area contributed by atoms with Crippen LogP contribution in [0.5, 0.6) is 0 Å². The molecule has 0 N–H and O–H groups in total. The Morgan fingerprint density at radius 2 is 0.897 bits per heavy atom.